The van der Waals surface area contributed by atoms with Crippen LogP contribution in [0.3, 0.4) is 0 Å². The first-order chi connectivity index (χ1) is 9.61. The Kier molecular flexibility index (Phi) is 4.02. The second-order valence-corrected chi connectivity index (χ2v) is 4.41. The van der Waals surface area contributed by atoms with Crippen molar-refractivity contribution in [1.82, 2.24) is 13.7 Å². The molecule has 2 rings (SSSR count). The fourth-order valence-corrected chi connectivity index (χ4v) is 2.12. The first kappa shape index (κ1) is 14.0. The minimum Gasteiger partial charge on any atom is -0.247 e. The first-order valence-electron chi connectivity index (χ1n) is 6.63. The van der Waals surface area contributed by atoms with Crippen LogP contribution in [0.15, 0.2) is 44.7 Å². The Morgan fingerprint density at radius 2 is 1.45 bits per heavy atom. The van der Waals surface area contributed by atoms with E-state index in [4.69, 9.17) is 0 Å². The van der Waals surface area contributed by atoms with Crippen LogP contribution < -0.4 is 17.1 Å². The topological polar surface area (TPSA) is 66.0 Å². The van der Waals surface area contributed by atoms with Gasteiger partial charge in [-0.1, -0.05) is 25.1 Å². The van der Waals surface area contributed by atoms with Crippen LogP contribution >= 0.6 is 0 Å². The Morgan fingerprint density at radius 1 is 0.850 bits per heavy atom. The molecule has 0 amide bonds. The smallest absolute Gasteiger partial charge is 0.247 e. The van der Waals surface area contributed by atoms with E-state index in [2.05, 4.69) is 0 Å². The highest BCUT2D eigenvalue weighted by Gasteiger charge is 2.14. The van der Waals surface area contributed by atoms with E-state index < -0.39 is 17.1 Å². The molecule has 6 heteroatoms. The largest absolute Gasteiger partial charge is 0.340 e. The quantitative estimate of drug-likeness (QED) is 0.820. The van der Waals surface area contributed by atoms with Gasteiger partial charge in [-0.2, -0.15) is 0 Å². The van der Waals surface area contributed by atoms with Crippen LogP contribution in [0, 0.1) is 0 Å². The lowest BCUT2D eigenvalue weighted by Crippen LogP contribution is -2.53. The minimum atomic E-state index is -0.596. The van der Waals surface area contributed by atoms with Crippen molar-refractivity contribution in [2.75, 3.05) is 0 Å². The minimum absolute atomic E-state index is 0.231. The molecule has 0 unspecified atom stereocenters. The molecule has 1 aromatic heterocycles. The highest BCUT2D eigenvalue weighted by Crippen LogP contribution is 2.00. The van der Waals surface area contributed by atoms with E-state index in [0.717, 1.165) is 13.7 Å². The molecule has 20 heavy (non-hydrogen) atoms. The Balaban J connectivity index is 2.88. The molecule has 0 atom stereocenters. The van der Waals surface area contributed by atoms with E-state index in [1.165, 1.54) is 0 Å². The third-order valence-corrected chi connectivity index (χ3v) is 3.08. The summed E-state index contributed by atoms with van der Waals surface area (Å²) >= 11 is 0. The second kappa shape index (κ2) is 5.73. The predicted octanol–water partition coefficient (Wildman–Crippen LogP) is 0.591. The number of aromatic nitrogens is 3. The number of rotatable bonds is 4. The third kappa shape index (κ3) is 2.24. The van der Waals surface area contributed by atoms with E-state index in [0.29, 0.717) is 18.7 Å². The number of para-hydroxylation sites is 1. The molecule has 0 bridgehead atoms. The van der Waals surface area contributed by atoms with Crippen LogP contribution in [0.1, 0.15) is 20.3 Å². The summed E-state index contributed by atoms with van der Waals surface area (Å²) in [6, 6.07) is 8.63. The molecular formula is C14H17N3O3. The maximum absolute atomic E-state index is 12.4. The molecule has 1 heterocycles. The van der Waals surface area contributed by atoms with Gasteiger partial charge in [0, 0.05) is 13.1 Å². The number of benzene rings is 1. The van der Waals surface area contributed by atoms with Gasteiger partial charge in [-0.05, 0) is 25.5 Å². The van der Waals surface area contributed by atoms with Gasteiger partial charge in [0.1, 0.15) is 0 Å². The summed E-state index contributed by atoms with van der Waals surface area (Å²) < 4.78 is 3.22. The summed E-state index contributed by atoms with van der Waals surface area (Å²) in [4.78, 5) is 36.8. The van der Waals surface area contributed by atoms with Crippen LogP contribution in [-0.4, -0.2) is 13.7 Å². The van der Waals surface area contributed by atoms with Gasteiger partial charge in [0.15, 0.2) is 0 Å². The van der Waals surface area contributed by atoms with Gasteiger partial charge in [0.05, 0.1) is 5.69 Å². The summed E-state index contributed by atoms with van der Waals surface area (Å²) in [7, 11) is 0. The maximum Gasteiger partial charge on any atom is 0.340 e. The van der Waals surface area contributed by atoms with Crippen molar-refractivity contribution in [3.05, 3.63) is 61.8 Å². The summed E-state index contributed by atoms with van der Waals surface area (Å²) in [6.45, 7) is 4.11. The van der Waals surface area contributed by atoms with Gasteiger partial charge >= 0.3 is 17.1 Å². The first-order valence-corrected chi connectivity index (χ1v) is 6.63. The zero-order chi connectivity index (χ0) is 14.7. The molecule has 0 saturated heterocycles. The fraction of sp³-hybridized carbons (Fsp3) is 0.357. The van der Waals surface area contributed by atoms with Crippen LogP contribution in [0.4, 0.5) is 0 Å². The summed E-state index contributed by atoms with van der Waals surface area (Å²) in [5.74, 6) is 0. The molecule has 0 radical (unpaired) electrons. The molecule has 1 aromatic carbocycles. The summed E-state index contributed by atoms with van der Waals surface area (Å²) in [6.07, 6.45) is 0.645. The number of hydrogen-bond donors (Lipinski definition) is 0. The van der Waals surface area contributed by atoms with Crippen molar-refractivity contribution in [2.24, 2.45) is 0 Å². The Morgan fingerprint density at radius 3 is 2.00 bits per heavy atom. The normalized spacial score (nSPS) is 10.7. The highest BCUT2D eigenvalue weighted by molar-refractivity contribution is 5.30. The van der Waals surface area contributed by atoms with Crippen molar-refractivity contribution in [1.29, 1.82) is 0 Å². The zero-order valence-electron chi connectivity index (χ0n) is 11.6. The van der Waals surface area contributed by atoms with Gasteiger partial charge in [0.25, 0.3) is 0 Å². The van der Waals surface area contributed by atoms with Crippen molar-refractivity contribution in [2.45, 2.75) is 33.4 Å². The molecule has 106 valence electrons. The van der Waals surface area contributed by atoms with E-state index in [1.54, 1.807) is 37.3 Å². The van der Waals surface area contributed by atoms with Crippen LogP contribution in [-0.2, 0) is 13.1 Å². The predicted molar refractivity (Wildman–Crippen MR) is 76.5 cm³/mol. The van der Waals surface area contributed by atoms with Gasteiger partial charge in [-0.25, -0.2) is 28.1 Å². The van der Waals surface area contributed by atoms with E-state index in [9.17, 15) is 14.4 Å². The average molecular weight is 275 g/mol. The van der Waals surface area contributed by atoms with Crippen LogP contribution in [0.2, 0.25) is 0 Å². The van der Waals surface area contributed by atoms with Gasteiger partial charge in [-0.15, -0.1) is 0 Å². The average Bonchev–Trinajstić information content (AvgIpc) is 2.45. The second-order valence-electron chi connectivity index (χ2n) is 4.41. The molecule has 0 aliphatic heterocycles. The molecule has 0 aliphatic rings. The van der Waals surface area contributed by atoms with Crippen molar-refractivity contribution < 1.29 is 0 Å². The standard InChI is InChI=1S/C14H17N3O3/c1-3-10-16-12(18)15(4-2)13(19)17(14(16)20)11-8-6-5-7-9-11/h5-9H,3-4,10H2,1-2H3. The molecule has 0 fully saturated rings. The SMILES string of the molecule is CCCn1c(=O)n(CC)c(=O)n(-c2ccccc2)c1=O. The van der Waals surface area contributed by atoms with Crippen LogP contribution in [0.25, 0.3) is 5.69 Å². The van der Waals surface area contributed by atoms with Crippen molar-refractivity contribution in [3.8, 4) is 5.69 Å². The van der Waals surface area contributed by atoms with Crippen LogP contribution in [0.5, 0.6) is 0 Å². The Hall–Kier alpha value is -2.37. The Labute approximate surface area is 115 Å². The summed E-state index contributed by atoms with van der Waals surface area (Å²) in [5, 5.41) is 0. The molecule has 0 saturated carbocycles. The zero-order valence-corrected chi connectivity index (χ0v) is 11.6. The Bertz CT molecular complexity index is 769. The lowest BCUT2D eigenvalue weighted by Gasteiger charge is -2.12. The highest BCUT2D eigenvalue weighted by atomic mass is 16.2. The van der Waals surface area contributed by atoms with Gasteiger partial charge in [0.2, 0.25) is 0 Å². The fourth-order valence-electron chi connectivity index (χ4n) is 2.12. The van der Waals surface area contributed by atoms with E-state index in [1.807, 2.05) is 6.92 Å². The third-order valence-electron chi connectivity index (χ3n) is 3.08. The summed E-state index contributed by atoms with van der Waals surface area (Å²) in [5.41, 5.74) is -1.26. The molecular weight excluding hydrogens is 258 g/mol. The number of nitrogens with zero attached hydrogens (tertiary/aromatic N) is 3. The lowest BCUT2D eigenvalue weighted by atomic mass is 10.3. The van der Waals surface area contributed by atoms with Crippen molar-refractivity contribution in [3.63, 3.8) is 0 Å². The van der Waals surface area contributed by atoms with E-state index >= 15 is 0 Å². The molecule has 2 aromatic rings. The lowest BCUT2D eigenvalue weighted by molar-refractivity contribution is 0.495. The maximum atomic E-state index is 12.4. The van der Waals surface area contributed by atoms with Gasteiger partial charge in [-0.3, -0.25) is 0 Å². The molecule has 0 N–H and O–H groups in total. The van der Waals surface area contributed by atoms with E-state index in [-0.39, 0.29) is 6.54 Å². The van der Waals surface area contributed by atoms with Crippen molar-refractivity contribution >= 4 is 0 Å². The number of hydrogen-bond acceptors (Lipinski definition) is 3. The molecule has 0 aliphatic carbocycles. The molecule has 6 nitrogen and oxygen atoms in total. The van der Waals surface area contributed by atoms with Gasteiger partial charge < -0.3 is 0 Å². The monoisotopic (exact) mass is 275 g/mol. The molecule has 0 spiro atoms.